The molecule has 2 rings (SSSR count). The number of hydrogen-bond donors (Lipinski definition) is 0. The fourth-order valence-electron chi connectivity index (χ4n) is 1.88. The first-order chi connectivity index (χ1) is 10.2. The number of Topliss-reactive ketones (excluding diaryl/α,β-unsaturated/α-hetero) is 1. The lowest BCUT2D eigenvalue weighted by Gasteiger charge is -2.10. The summed E-state index contributed by atoms with van der Waals surface area (Å²) >= 11 is 3.35. The average molecular weight is 349 g/mol. The van der Waals surface area contributed by atoms with Crippen LogP contribution in [0.5, 0.6) is 5.75 Å². The molecule has 2 aromatic carbocycles. The van der Waals surface area contributed by atoms with Crippen molar-refractivity contribution in [3.8, 4) is 5.75 Å². The summed E-state index contributed by atoms with van der Waals surface area (Å²) in [7, 11) is 0. The number of carbonyl (C=O) groups excluding carboxylic acids is 1. The number of ether oxygens (including phenoxy) is 2. The number of halogens is 1. The van der Waals surface area contributed by atoms with Gasteiger partial charge in [0, 0.05) is 4.47 Å². The Morgan fingerprint density at radius 2 is 1.86 bits per heavy atom. The van der Waals surface area contributed by atoms with Crippen LogP contribution in [0.2, 0.25) is 0 Å². The first-order valence-electron chi connectivity index (χ1n) is 6.72. The molecule has 4 heteroatoms. The second-order valence-corrected chi connectivity index (χ2v) is 5.50. The second kappa shape index (κ2) is 7.96. The quantitative estimate of drug-likeness (QED) is 0.554. The van der Waals surface area contributed by atoms with Gasteiger partial charge in [-0.1, -0.05) is 46.3 Å². The Bertz CT molecular complexity index is 596. The highest BCUT2D eigenvalue weighted by atomic mass is 79.9. The van der Waals surface area contributed by atoms with Crippen LogP contribution < -0.4 is 4.74 Å². The summed E-state index contributed by atoms with van der Waals surface area (Å²) in [5.41, 5.74) is 1.71. The van der Waals surface area contributed by atoms with Crippen LogP contribution in [0.1, 0.15) is 22.8 Å². The number of hydrogen-bond acceptors (Lipinski definition) is 3. The third kappa shape index (κ3) is 4.99. The van der Waals surface area contributed by atoms with E-state index in [4.69, 9.17) is 9.47 Å². The monoisotopic (exact) mass is 348 g/mol. The van der Waals surface area contributed by atoms with E-state index in [1.54, 1.807) is 12.1 Å². The minimum Gasteiger partial charge on any atom is -0.490 e. The Labute approximate surface area is 133 Å². The van der Waals surface area contributed by atoms with Gasteiger partial charge in [-0.15, -0.1) is 0 Å². The molecule has 0 spiro atoms. The molecule has 2 aromatic rings. The van der Waals surface area contributed by atoms with E-state index in [9.17, 15) is 4.79 Å². The second-order valence-electron chi connectivity index (χ2n) is 4.58. The molecule has 0 aromatic heterocycles. The number of benzene rings is 2. The van der Waals surface area contributed by atoms with Crippen LogP contribution >= 0.6 is 15.9 Å². The molecule has 0 N–H and O–H groups in total. The molecular formula is C17H17BrO3. The molecule has 0 aliphatic rings. The van der Waals surface area contributed by atoms with Crippen LogP contribution in [0, 0.1) is 0 Å². The summed E-state index contributed by atoms with van der Waals surface area (Å²) in [6.45, 7) is 2.97. The van der Waals surface area contributed by atoms with Crippen LogP contribution in [-0.4, -0.2) is 19.0 Å². The number of carbonyl (C=O) groups is 1. The van der Waals surface area contributed by atoms with Gasteiger partial charge in [0.15, 0.2) is 5.78 Å². The molecule has 21 heavy (non-hydrogen) atoms. The third-order valence-electron chi connectivity index (χ3n) is 2.92. The van der Waals surface area contributed by atoms with E-state index >= 15 is 0 Å². The molecule has 0 bridgehead atoms. The smallest absolute Gasteiger partial charge is 0.163 e. The van der Waals surface area contributed by atoms with Gasteiger partial charge in [0.05, 0.1) is 18.8 Å². The van der Waals surface area contributed by atoms with Crippen molar-refractivity contribution in [1.29, 1.82) is 0 Å². The molecule has 3 nitrogen and oxygen atoms in total. The Morgan fingerprint density at radius 3 is 2.57 bits per heavy atom. The van der Waals surface area contributed by atoms with Gasteiger partial charge in [-0.3, -0.25) is 4.79 Å². The molecule has 0 fully saturated rings. The zero-order chi connectivity index (χ0) is 15.1. The Kier molecular flexibility index (Phi) is 5.96. The van der Waals surface area contributed by atoms with Crippen molar-refractivity contribution in [2.75, 3.05) is 13.2 Å². The Balaban J connectivity index is 1.80. The van der Waals surface area contributed by atoms with Gasteiger partial charge in [0.25, 0.3) is 0 Å². The average Bonchev–Trinajstić information content (AvgIpc) is 2.49. The predicted molar refractivity (Wildman–Crippen MR) is 85.7 cm³/mol. The summed E-state index contributed by atoms with van der Waals surface area (Å²) in [5, 5.41) is 0. The zero-order valence-corrected chi connectivity index (χ0v) is 13.4. The van der Waals surface area contributed by atoms with Crippen LogP contribution in [0.3, 0.4) is 0 Å². The fraction of sp³-hybridized carbons (Fsp3) is 0.235. The predicted octanol–water partition coefficient (Wildman–Crippen LogP) is 4.25. The van der Waals surface area contributed by atoms with Crippen molar-refractivity contribution in [3.05, 3.63) is 64.1 Å². The van der Waals surface area contributed by atoms with Crippen molar-refractivity contribution in [1.82, 2.24) is 0 Å². The molecule has 0 amide bonds. The van der Waals surface area contributed by atoms with Crippen LogP contribution in [-0.2, 0) is 11.3 Å². The van der Waals surface area contributed by atoms with Crippen molar-refractivity contribution >= 4 is 21.7 Å². The molecule has 0 heterocycles. The standard InChI is InChI=1S/C17H17BrO3/c1-13(19)16-11-15(18)7-8-17(16)21-10-9-20-12-14-5-3-2-4-6-14/h2-8,11H,9-10,12H2,1H3. The molecule has 0 unspecified atom stereocenters. The lowest BCUT2D eigenvalue weighted by Crippen LogP contribution is -2.09. The van der Waals surface area contributed by atoms with E-state index in [0.29, 0.717) is 31.1 Å². The molecule has 0 aliphatic carbocycles. The van der Waals surface area contributed by atoms with Gasteiger partial charge in [-0.25, -0.2) is 0 Å². The van der Waals surface area contributed by atoms with Gasteiger partial charge in [-0.2, -0.15) is 0 Å². The highest BCUT2D eigenvalue weighted by Crippen LogP contribution is 2.23. The van der Waals surface area contributed by atoms with Gasteiger partial charge in [0.1, 0.15) is 12.4 Å². The van der Waals surface area contributed by atoms with Gasteiger partial charge in [-0.05, 0) is 30.7 Å². The van der Waals surface area contributed by atoms with E-state index in [0.717, 1.165) is 10.0 Å². The summed E-state index contributed by atoms with van der Waals surface area (Å²) in [6, 6.07) is 15.4. The highest BCUT2D eigenvalue weighted by Gasteiger charge is 2.08. The molecule has 110 valence electrons. The summed E-state index contributed by atoms with van der Waals surface area (Å²) < 4.78 is 12.0. The molecule has 0 aliphatic heterocycles. The number of rotatable bonds is 7. The largest absolute Gasteiger partial charge is 0.490 e. The van der Waals surface area contributed by atoms with Crippen molar-refractivity contribution in [2.45, 2.75) is 13.5 Å². The number of ketones is 1. The summed E-state index contributed by atoms with van der Waals surface area (Å²) in [4.78, 5) is 11.6. The zero-order valence-electron chi connectivity index (χ0n) is 11.8. The fourth-order valence-corrected chi connectivity index (χ4v) is 2.24. The van der Waals surface area contributed by atoms with E-state index in [2.05, 4.69) is 15.9 Å². The van der Waals surface area contributed by atoms with E-state index in [1.165, 1.54) is 6.92 Å². The summed E-state index contributed by atoms with van der Waals surface area (Å²) in [6.07, 6.45) is 0. The van der Waals surface area contributed by atoms with Gasteiger partial charge in [0.2, 0.25) is 0 Å². The SMILES string of the molecule is CC(=O)c1cc(Br)ccc1OCCOCc1ccccc1. The topological polar surface area (TPSA) is 35.5 Å². The maximum Gasteiger partial charge on any atom is 0.163 e. The van der Waals surface area contributed by atoms with Crippen molar-refractivity contribution in [3.63, 3.8) is 0 Å². The molecule has 0 saturated carbocycles. The maximum absolute atomic E-state index is 11.6. The van der Waals surface area contributed by atoms with Gasteiger partial charge < -0.3 is 9.47 Å². The molecule has 0 radical (unpaired) electrons. The van der Waals surface area contributed by atoms with Crippen LogP contribution in [0.4, 0.5) is 0 Å². The Morgan fingerprint density at radius 1 is 1.10 bits per heavy atom. The van der Waals surface area contributed by atoms with E-state index < -0.39 is 0 Å². The molecular weight excluding hydrogens is 332 g/mol. The maximum atomic E-state index is 11.6. The first kappa shape index (κ1) is 15.7. The normalized spacial score (nSPS) is 10.4. The van der Waals surface area contributed by atoms with Crippen molar-refractivity contribution in [2.24, 2.45) is 0 Å². The van der Waals surface area contributed by atoms with Gasteiger partial charge >= 0.3 is 0 Å². The van der Waals surface area contributed by atoms with Crippen LogP contribution in [0.25, 0.3) is 0 Å². The first-order valence-corrected chi connectivity index (χ1v) is 7.51. The lowest BCUT2D eigenvalue weighted by atomic mass is 10.1. The van der Waals surface area contributed by atoms with Crippen LogP contribution in [0.15, 0.2) is 53.0 Å². The van der Waals surface area contributed by atoms with E-state index in [-0.39, 0.29) is 5.78 Å². The summed E-state index contributed by atoms with van der Waals surface area (Å²) in [5.74, 6) is 0.575. The van der Waals surface area contributed by atoms with Crippen molar-refractivity contribution < 1.29 is 14.3 Å². The Hall–Kier alpha value is -1.65. The van der Waals surface area contributed by atoms with E-state index in [1.807, 2.05) is 36.4 Å². The third-order valence-corrected chi connectivity index (χ3v) is 3.41. The molecule has 0 saturated heterocycles. The molecule has 0 atom stereocenters. The minimum absolute atomic E-state index is 0.0171. The minimum atomic E-state index is -0.0171. The highest BCUT2D eigenvalue weighted by molar-refractivity contribution is 9.10. The lowest BCUT2D eigenvalue weighted by molar-refractivity contribution is 0.0875.